The summed E-state index contributed by atoms with van der Waals surface area (Å²) >= 11 is 6.12. The van der Waals surface area contributed by atoms with E-state index in [0.717, 1.165) is 11.1 Å². The van der Waals surface area contributed by atoms with Gasteiger partial charge in [0.05, 0.1) is 11.9 Å². The molecule has 2 N–H and O–H groups in total. The summed E-state index contributed by atoms with van der Waals surface area (Å²) in [5.41, 5.74) is 2.20. The standard InChI is InChI=1S/C30H31ClN4O4/c1-30(2,3)39-29(37)33-15-8-13-24(28-34-19-26(38-28)20-9-5-4-6-10-20)35-27(36)22-12-7-11-21(17-22)25-18-23(31)14-16-32-25/h4-7,9-12,14,16-19,24H,8,13,15H2,1-3H3,(H,33,37)(H,35,36). The van der Waals surface area contributed by atoms with Crippen molar-refractivity contribution < 1.29 is 18.7 Å². The van der Waals surface area contributed by atoms with Gasteiger partial charge in [0.25, 0.3) is 5.91 Å². The number of carbonyl (C=O) groups excluding carboxylic acids is 2. The van der Waals surface area contributed by atoms with Gasteiger partial charge < -0.3 is 19.8 Å². The Labute approximate surface area is 232 Å². The summed E-state index contributed by atoms with van der Waals surface area (Å²) in [5, 5.41) is 6.36. The van der Waals surface area contributed by atoms with E-state index < -0.39 is 17.7 Å². The number of hydrogen-bond acceptors (Lipinski definition) is 6. The third kappa shape index (κ3) is 8.15. The van der Waals surface area contributed by atoms with Gasteiger partial charge >= 0.3 is 6.09 Å². The van der Waals surface area contributed by atoms with Crippen LogP contribution in [0.3, 0.4) is 0 Å². The number of carbonyl (C=O) groups is 2. The lowest BCUT2D eigenvalue weighted by molar-refractivity contribution is 0.0525. The number of alkyl carbamates (subject to hydrolysis) is 1. The molecule has 0 bridgehead atoms. The molecule has 9 heteroatoms. The van der Waals surface area contributed by atoms with Crippen molar-refractivity contribution in [1.29, 1.82) is 0 Å². The zero-order valence-electron chi connectivity index (χ0n) is 22.1. The highest BCUT2D eigenvalue weighted by atomic mass is 35.5. The molecular formula is C30H31ClN4O4. The number of benzene rings is 2. The minimum absolute atomic E-state index is 0.288. The molecule has 4 rings (SSSR count). The fourth-order valence-electron chi connectivity index (χ4n) is 3.88. The van der Waals surface area contributed by atoms with Crippen LogP contribution in [0.1, 0.15) is 55.9 Å². The average Bonchev–Trinajstić information content (AvgIpc) is 3.40. The first-order chi connectivity index (χ1) is 18.7. The van der Waals surface area contributed by atoms with Crippen molar-refractivity contribution in [2.24, 2.45) is 0 Å². The quantitative estimate of drug-likeness (QED) is 0.223. The lowest BCUT2D eigenvalue weighted by Gasteiger charge is -2.20. The van der Waals surface area contributed by atoms with E-state index in [0.29, 0.717) is 47.3 Å². The highest BCUT2D eigenvalue weighted by Crippen LogP contribution is 2.26. The molecule has 1 unspecified atom stereocenters. The molecule has 0 saturated carbocycles. The van der Waals surface area contributed by atoms with Gasteiger partial charge in [-0.3, -0.25) is 9.78 Å². The molecule has 202 valence electrons. The van der Waals surface area contributed by atoms with Crippen LogP contribution in [0, 0.1) is 0 Å². The van der Waals surface area contributed by atoms with E-state index in [1.165, 1.54) is 0 Å². The predicted octanol–water partition coefficient (Wildman–Crippen LogP) is 6.83. The van der Waals surface area contributed by atoms with Crippen molar-refractivity contribution in [2.45, 2.75) is 45.3 Å². The molecule has 0 fully saturated rings. The van der Waals surface area contributed by atoms with Gasteiger partial charge in [0.1, 0.15) is 11.6 Å². The zero-order chi connectivity index (χ0) is 27.8. The lowest BCUT2D eigenvalue weighted by atomic mass is 10.1. The molecule has 2 aromatic heterocycles. The van der Waals surface area contributed by atoms with Gasteiger partial charge in [-0.05, 0) is 57.9 Å². The fourth-order valence-corrected chi connectivity index (χ4v) is 4.04. The molecule has 2 heterocycles. The molecule has 0 aliphatic carbocycles. The van der Waals surface area contributed by atoms with Crippen molar-refractivity contribution in [1.82, 2.24) is 20.6 Å². The van der Waals surface area contributed by atoms with Crippen LogP contribution in [0.4, 0.5) is 4.79 Å². The molecule has 4 aromatic rings. The Morgan fingerprint density at radius 2 is 1.77 bits per heavy atom. The number of hydrogen-bond donors (Lipinski definition) is 2. The van der Waals surface area contributed by atoms with Crippen LogP contribution in [-0.2, 0) is 4.74 Å². The Morgan fingerprint density at radius 1 is 1.00 bits per heavy atom. The second kappa shape index (κ2) is 12.6. The normalized spacial score (nSPS) is 12.0. The van der Waals surface area contributed by atoms with E-state index in [-0.39, 0.29) is 5.91 Å². The Balaban J connectivity index is 1.49. The SMILES string of the molecule is CC(C)(C)OC(=O)NCCCC(NC(=O)c1cccc(-c2cc(Cl)ccn2)c1)c1ncc(-c2ccccc2)o1. The maximum atomic E-state index is 13.3. The van der Waals surface area contributed by atoms with Crippen LogP contribution in [0.25, 0.3) is 22.6 Å². The van der Waals surface area contributed by atoms with Crippen molar-refractivity contribution in [3.63, 3.8) is 0 Å². The van der Waals surface area contributed by atoms with E-state index in [4.69, 9.17) is 20.8 Å². The van der Waals surface area contributed by atoms with E-state index in [1.54, 1.807) is 42.7 Å². The minimum atomic E-state index is -0.582. The molecule has 0 radical (unpaired) electrons. The first-order valence-electron chi connectivity index (χ1n) is 12.7. The highest BCUT2D eigenvalue weighted by molar-refractivity contribution is 6.30. The first kappa shape index (κ1) is 27.9. The molecule has 1 atom stereocenters. The molecule has 2 aromatic carbocycles. The van der Waals surface area contributed by atoms with E-state index >= 15 is 0 Å². The van der Waals surface area contributed by atoms with Gasteiger partial charge in [-0.2, -0.15) is 0 Å². The number of halogens is 1. The van der Waals surface area contributed by atoms with E-state index in [2.05, 4.69) is 20.6 Å². The van der Waals surface area contributed by atoms with Gasteiger partial charge in [0.15, 0.2) is 5.76 Å². The molecule has 0 aliphatic heterocycles. The predicted molar refractivity (Wildman–Crippen MR) is 150 cm³/mol. The van der Waals surface area contributed by atoms with E-state index in [9.17, 15) is 9.59 Å². The summed E-state index contributed by atoms with van der Waals surface area (Å²) in [5.74, 6) is 0.696. The third-order valence-electron chi connectivity index (χ3n) is 5.67. The van der Waals surface area contributed by atoms with Gasteiger partial charge in [-0.25, -0.2) is 9.78 Å². The molecule has 8 nitrogen and oxygen atoms in total. The smallest absolute Gasteiger partial charge is 0.407 e. The monoisotopic (exact) mass is 546 g/mol. The largest absolute Gasteiger partial charge is 0.444 e. The molecule has 0 spiro atoms. The molecule has 39 heavy (non-hydrogen) atoms. The zero-order valence-corrected chi connectivity index (χ0v) is 22.9. The number of pyridine rings is 1. The van der Waals surface area contributed by atoms with Gasteiger partial charge in [0, 0.05) is 34.5 Å². The highest BCUT2D eigenvalue weighted by Gasteiger charge is 2.22. The fraction of sp³-hybridized carbons (Fsp3) is 0.267. The summed E-state index contributed by atoms with van der Waals surface area (Å²) in [4.78, 5) is 34.2. The first-order valence-corrected chi connectivity index (χ1v) is 13.1. The van der Waals surface area contributed by atoms with Crippen molar-refractivity contribution in [2.75, 3.05) is 6.54 Å². The molecule has 2 amide bonds. The van der Waals surface area contributed by atoms with Crippen molar-refractivity contribution in [3.05, 3.63) is 95.6 Å². The topological polar surface area (TPSA) is 106 Å². The van der Waals surface area contributed by atoms with Gasteiger partial charge in [-0.15, -0.1) is 0 Å². The Bertz CT molecular complexity index is 1420. The summed E-state index contributed by atoms with van der Waals surface area (Å²) < 4.78 is 11.4. The average molecular weight is 547 g/mol. The van der Waals surface area contributed by atoms with E-state index in [1.807, 2.05) is 57.2 Å². The second-order valence-corrected chi connectivity index (χ2v) is 10.4. The number of nitrogens with one attached hydrogen (secondary N) is 2. The Morgan fingerprint density at radius 3 is 2.51 bits per heavy atom. The molecular weight excluding hydrogens is 516 g/mol. The van der Waals surface area contributed by atoms with Crippen molar-refractivity contribution in [3.8, 4) is 22.6 Å². The molecule has 0 aliphatic rings. The van der Waals surface area contributed by atoms with Crippen LogP contribution >= 0.6 is 11.6 Å². The second-order valence-electron chi connectivity index (χ2n) is 9.97. The Hall–Kier alpha value is -4.17. The number of rotatable bonds is 9. The van der Waals surface area contributed by atoms with Gasteiger partial charge in [-0.1, -0.05) is 54.1 Å². The number of oxazole rings is 1. The van der Waals surface area contributed by atoms with Crippen LogP contribution in [-0.4, -0.2) is 34.1 Å². The summed E-state index contributed by atoms with van der Waals surface area (Å²) in [7, 11) is 0. The minimum Gasteiger partial charge on any atom is -0.444 e. The van der Waals surface area contributed by atoms with Crippen LogP contribution in [0.5, 0.6) is 0 Å². The summed E-state index contributed by atoms with van der Waals surface area (Å²) in [6.07, 6.45) is 3.82. The summed E-state index contributed by atoms with van der Waals surface area (Å²) in [6.45, 7) is 5.79. The maximum Gasteiger partial charge on any atom is 0.407 e. The maximum absolute atomic E-state index is 13.3. The van der Waals surface area contributed by atoms with Gasteiger partial charge in [0.2, 0.25) is 5.89 Å². The van der Waals surface area contributed by atoms with Crippen LogP contribution in [0.15, 0.2) is 83.5 Å². The van der Waals surface area contributed by atoms with Crippen LogP contribution < -0.4 is 10.6 Å². The molecule has 0 saturated heterocycles. The number of ether oxygens (including phenoxy) is 1. The number of nitrogens with zero attached hydrogens (tertiary/aromatic N) is 2. The third-order valence-corrected chi connectivity index (χ3v) is 5.90. The van der Waals surface area contributed by atoms with Crippen molar-refractivity contribution >= 4 is 23.6 Å². The Kier molecular flexibility index (Phi) is 8.99. The summed E-state index contributed by atoms with van der Waals surface area (Å²) in [6, 6.07) is 19.7. The van der Waals surface area contributed by atoms with Crippen LogP contribution in [0.2, 0.25) is 5.02 Å². The number of aromatic nitrogens is 2. The lowest BCUT2D eigenvalue weighted by Crippen LogP contribution is -2.34. The number of amides is 2.